The lowest BCUT2D eigenvalue weighted by Crippen LogP contribution is -2.03. The molecule has 91 heavy (non-hydrogen) atoms. The summed E-state index contributed by atoms with van der Waals surface area (Å²) in [6.07, 6.45) is 0. The number of aromatic nitrogens is 1. The lowest BCUT2D eigenvalue weighted by atomic mass is 9.80. The normalized spacial score (nSPS) is 12.4. The van der Waals surface area contributed by atoms with E-state index in [1.807, 2.05) is 11.3 Å². The van der Waals surface area contributed by atoms with Crippen LogP contribution in [0.15, 0.2) is 328 Å². The Morgan fingerprint density at radius 3 is 1.09 bits per heavy atom. The predicted octanol–water partition coefficient (Wildman–Crippen LogP) is 24.9. The third-order valence-corrected chi connectivity index (χ3v) is 20.9. The topological polar surface area (TPSA) is 4.93 Å². The van der Waals surface area contributed by atoms with Gasteiger partial charge in [-0.3, -0.25) is 0 Å². The number of hydrogen-bond acceptors (Lipinski definition) is 1. The predicted molar refractivity (Wildman–Crippen MR) is 389 cm³/mol. The van der Waals surface area contributed by atoms with Gasteiger partial charge in [0, 0.05) is 53.2 Å². The Balaban J connectivity index is 0.787. The molecule has 0 spiro atoms. The molecule has 0 N–H and O–H groups in total. The van der Waals surface area contributed by atoms with Crippen LogP contribution in [0.25, 0.3) is 169 Å². The van der Waals surface area contributed by atoms with Crippen molar-refractivity contribution in [2.45, 2.75) is 5.92 Å². The van der Waals surface area contributed by atoms with Gasteiger partial charge in [-0.15, -0.1) is 11.3 Å². The van der Waals surface area contributed by atoms with Crippen LogP contribution in [0.1, 0.15) is 22.6 Å². The summed E-state index contributed by atoms with van der Waals surface area (Å²) in [5.41, 5.74) is 25.0. The van der Waals surface area contributed by atoms with E-state index in [9.17, 15) is 0 Å². The van der Waals surface area contributed by atoms with Gasteiger partial charge >= 0.3 is 0 Å². The van der Waals surface area contributed by atoms with Crippen LogP contribution in [0.4, 0.5) is 0 Å². The molecule has 0 amide bonds. The van der Waals surface area contributed by atoms with Gasteiger partial charge in [-0.05, 0) is 164 Å². The molecule has 16 aromatic carbocycles. The van der Waals surface area contributed by atoms with Crippen molar-refractivity contribution in [3.63, 3.8) is 0 Å². The summed E-state index contributed by atoms with van der Waals surface area (Å²) < 4.78 is 5.13. The summed E-state index contributed by atoms with van der Waals surface area (Å²) in [6.45, 7) is 0. The minimum Gasteiger partial charge on any atom is -0.308 e. The molecule has 0 atom stereocenters. The maximum Gasteiger partial charge on any atom is 0.0619 e. The quantitative estimate of drug-likeness (QED) is 0.134. The maximum absolute atomic E-state index is 2.55. The minimum atomic E-state index is 0.0245. The van der Waals surface area contributed by atoms with E-state index in [1.165, 1.54) is 185 Å². The SMILES string of the molecule is c1ccc(-c2ccc3c(c2)-c2cc(-c4ccccc4)ccc2C3c2c3ccccc3c(-c3ccc4c(c3)sc3c(-c5c6ccccc6c(-n6c7ccc(-c8ccccc8)cc7c7cc(-c8ccccc8)ccc76)c6ccccc56)cccc34)c3ccccc23)cc1. The van der Waals surface area contributed by atoms with Crippen LogP contribution in [0.5, 0.6) is 0 Å². The average Bonchev–Trinajstić information content (AvgIpc) is 1.66. The number of benzene rings is 16. The van der Waals surface area contributed by atoms with Gasteiger partial charge in [0.15, 0.2) is 0 Å². The summed E-state index contributed by atoms with van der Waals surface area (Å²) in [6, 6.07) is 123. The largest absolute Gasteiger partial charge is 0.308 e. The first-order chi connectivity index (χ1) is 45.2. The molecule has 0 saturated heterocycles. The Morgan fingerprint density at radius 1 is 0.231 bits per heavy atom. The Kier molecular flexibility index (Phi) is 11.7. The van der Waals surface area contributed by atoms with Crippen LogP contribution >= 0.6 is 11.3 Å². The van der Waals surface area contributed by atoms with Gasteiger partial charge in [0.2, 0.25) is 0 Å². The minimum absolute atomic E-state index is 0.0245. The highest BCUT2D eigenvalue weighted by atomic mass is 32.1. The van der Waals surface area contributed by atoms with Gasteiger partial charge in [-0.1, -0.05) is 285 Å². The Labute approximate surface area is 531 Å². The smallest absolute Gasteiger partial charge is 0.0619 e. The number of thiophene rings is 1. The van der Waals surface area contributed by atoms with Gasteiger partial charge < -0.3 is 4.57 Å². The lowest BCUT2D eigenvalue weighted by molar-refractivity contribution is 1.04. The van der Waals surface area contributed by atoms with Crippen molar-refractivity contribution in [2.24, 2.45) is 0 Å². The summed E-state index contributed by atoms with van der Waals surface area (Å²) in [4.78, 5) is 0. The second kappa shape index (κ2) is 20.6. The monoisotopic (exact) mass is 1170 g/mol. The van der Waals surface area contributed by atoms with Crippen molar-refractivity contribution in [3.8, 4) is 83.6 Å². The first kappa shape index (κ1) is 51.6. The Morgan fingerprint density at radius 2 is 0.615 bits per heavy atom. The van der Waals surface area contributed by atoms with Crippen LogP contribution < -0.4 is 0 Å². The molecule has 0 bridgehead atoms. The van der Waals surface area contributed by atoms with Crippen LogP contribution in [0.2, 0.25) is 0 Å². The van der Waals surface area contributed by atoms with E-state index in [2.05, 4.69) is 332 Å². The molecule has 0 radical (unpaired) electrons. The second-order valence-electron chi connectivity index (χ2n) is 24.5. The molecule has 1 aliphatic rings. The number of fused-ring (bicyclic) bond motifs is 13. The van der Waals surface area contributed by atoms with Crippen LogP contribution in [-0.4, -0.2) is 4.57 Å². The van der Waals surface area contributed by atoms with E-state index in [4.69, 9.17) is 0 Å². The zero-order valence-corrected chi connectivity index (χ0v) is 50.4. The van der Waals surface area contributed by atoms with Crippen molar-refractivity contribution < 1.29 is 0 Å². The zero-order valence-electron chi connectivity index (χ0n) is 49.6. The first-order valence-corrected chi connectivity index (χ1v) is 32.4. The molecule has 2 aromatic heterocycles. The molecule has 1 aliphatic carbocycles. The average molecular weight is 1170 g/mol. The van der Waals surface area contributed by atoms with E-state index in [1.54, 1.807) is 0 Å². The van der Waals surface area contributed by atoms with Gasteiger partial charge in [-0.2, -0.15) is 0 Å². The molecule has 19 rings (SSSR count). The Hall–Kier alpha value is -11.4. The molecule has 2 heteroatoms. The lowest BCUT2D eigenvalue weighted by Gasteiger charge is -2.23. The number of nitrogens with zero attached hydrogens (tertiary/aromatic N) is 1. The fourth-order valence-electron chi connectivity index (χ4n) is 15.6. The molecule has 2 heterocycles. The van der Waals surface area contributed by atoms with E-state index in [-0.39, 0.29) is 5.92 Å². The van der Waals surface area contributed by atoms with Gasteiger partial charge in [0.05, 0.1) is 16.7 Å². The third kappa shape index (κ3) is 8.03. The molecule has 0 saturated carbocycles. The number of hydrogen-bond donors (Lipinski definition) is 0. The van der Waals surface area contributed by atoms with Crippen LogP contribution in [0.3, 0.4) is 0 Å². The second-order valence-corrected chi connectivity index (χ2v) is 25.5. The highest BCUT2D eigenvalue weighted by Gasteiger charge is 2.34. The van der Waals surface area contributed by atoms with Crippen molar-refractivity contribution in [1.29, 1.82) is 0 Å². The summed E-state index contributed by atoms with van der Waals surface area (Å²) >= 11 is 1.93. The molecule has 422 valence electrons. The molecular formula is C89H55NS. The fraction of sp³-hybridized carbons (Fsp3) is 0.0112. The van der Waals surface area contributed by atoms with E-state index >= 15 is 0 Å². The molecule has 18 aromatic rings. The van der Waals surface area contributed by atoms with Gasteiger partial charge in [0.25, 0.3) is 0 Å². The highest BCUT2D eigenvalue weighted by molar-refractivity contribution is 7.26. The Bertz CT molecular complexity index is 5690. The summed E-state index contributed by atoms with van der Waals surface area (Å²) in [5, 5.41) is 15.0. The highest BCUT2D eigenvalue weighted by Crippen LogP contribution is 2.56. The summed E-state index contributed by atoms with van der Waals surface area (Å²) in [7, 11) is 0. The molecule has 0 fully saturated rings. The van der Waals surface area contributed by atoms with Gasteiger partial charge in [0.1, 0.15) is 0 Å². The van der Waals surface area contributed by atoms with Gasteiger partial charge in [-0.25, -0.2) is 0 Å². The fourth-order valence-corrected chi connectivity index (χ4v) is 16.9. The maximum atomic E-state index is 2.55. The zero-order chi connectivity index (χ0) is 59.7. The number of rotatable bonds is 8. The van der Waals surface area contributed by atoms with Crippen molar-refractivity contribution >= 4 is 96.4 Å². The molecule has 1 nitrogen and oxygen atoms in total. The van der Waals surface area contributed by atoms with Crippen LogP contribution in [-0.2, 0) is 0 Å². The van der Waals surface area contributed by atoms with Crippen LogP contribution in [0, 0.1) is 0 Å². The molecule has 0 unspecified atom stereocenters. The third-order valence-electron chi connectivity index (χ3n) is 19.7. The standard InChI is InChI=1S/C89H55NS/c1-5-22-55(23-6-1)59-40-46-71-77(50-59)78-51-60(56-24-7-2-8-25-56)41-47-72(78)87(71)86-67-32-15-13-30-65(67)84(66-31-14-16-33-68(66)86)63-42-45-64-75-38-21-39-76(89(75)91-83(64)54-63)85-69-34-17-19-36-73(69)88(74-37-20-18-35-70(74)85)90-81-48-43-61(57-26-9-3-10-27-57)52-79(81)80-53-62(44-49-82(80)90)58-28-11-4-12-29-58/h1-54,87H. The van der Waals surface area contributed by atoms with E-state index in [0.717, 1.165) is 0 Å². The molecule has 0 aliphatic heterocycles. The first-order valence-electron chi connectivity index (χ1n) is 31.6. The van der Waals surface area contributed by atoms with Crippen molar-refractivity contribution in [2.75, 3.05) is 0 Å². The van der Waals surface area contributed by atoms with Crippen molar-refractivity contribution in [1.82, 2.24) is 4.57 Å². The summed E-state index contributed by atoms with van der Waals surface area (Å²) in [5.74, 6) is 0.0245. The van der Waals surface area contributed by atoms with E-state index in [0.29, 0.717) is 0 Å². The van der Waals surface area contributed by atoms with E-state index < -0.39 is 0 Å². The van der Waals surface area contributed by atoms with Crippen molar-refractivity contribution in [3.05, 3.63) is 344 Å². The molecular weight excluding hydrogens is 1120 g/mol.